The first-order valence-corrected chi connectivity index (χ1v) is 21.3. The van der Waals surface area contributed by atoms with E-state index in [2.05, 4.69) is 41.5 Å². The maximum absolute atomic E-state index is 6.81. The molecule has 0 radical (unpaired) electrons. The molecule has 0 bridgehead atoms. The molecule has 0 aliphatic carbocycles. The SMILES string of the molecule is CCCCCCCCCCCCC(OCCC)(OCCC)C(OC)OC(OC)C(CCCCCCCCCCCC)(OCCC)OCCC. The molecule has 0 aromatic carbocycles. The van der Waals surface area contributed by atoms with E-state index in [1.54, 1.807) is 14.2 Å². The summed E-state index contributed by atoms with van der Waals surface area (Å²) in [6.45, 7) is 15.3. The predicted octanol–water partition coefficient (Wildman–Crippen LogP) is 12.7. The molecule has 0 amide bonds. The molecule has 0 rings (SSSR count). The third-order valence-corrected chi connectivity index (χ3v) is 9.35. The van der Waals surface area contributed by atoms with E-state index in [1.807, 2.05) is 0 Å². The molecule has 0 fully saturated rings. The summed E-state index contributed by atoms with van der Waals surface area (Å²) in [5, 5.41) is 0. The van der Waals surface area contributed by atoms with Crippen molar-refractivity contribution in [3.8, 4) is 0 Å². The van der Waals surface area contributed by atoms with Gasteiger partial charge < -0.3 is 33.2 Å². The maximum Gasteiger partial charge on any atom is 0.220 e. The van der Waals surface area contributed by atoms with Crippen molar-refractivity contribution in [2.75, 3.05) is 40.6 Å². The normalized spacial score (nSPS) is 13.7. The van der Waals surface area contributed by atoms with Crippen molar-refractivity contribution < 1.29 is 33.2 Å². The second-order valence-electron chi connectivity index (χ2n) is 14.2. The van der Waals surface area contributed by atoms with E-state index in [9.17, 15) is 0 Å². The van der Waals surface area contributed by atoms with Crippen molar-refractivity contribution >= 4 is 0 Å². The molecular weight excluding hydrogens is 616 g/mol. The number of hydrogen-bond acceptors (Lipinski definition) is 7. The fourth-order valence-corrected chi connectivity index (χ4v) is 6.49. The second kappa shape index (κ2) is 34.8. The van der Waals surface area contributed by atoms with Gasteiger partial charge in [0.25, 0.3) is 0 Å². The Labute approximate surface area is 305 Å². The van der Waals surface area contributed by atoms with Crippen LogP contribution in [0.2, 0.25) is 0 Å². The van der Waals surface area contributed by atoms with Gasteiger partial charge in [0.1, 0.15) is 0 Å². The van der Waals surface area contributed by atoms with Crippen LogP contribution in [-0.4, -0.2) is 64.8 Å². The first-order chi connectivity index (χ1) is 24.0. The molecule has 0 N–H and O–H groups in total. The highest BCUT2D eigenvalue weighted by Crippen LogP contribution is 2.35. The van der Waals surface area contributed by atoms with Crippen molar-refractivity contribution in [1.29, 1.82) is 0 Å². The standard InChI is InChI=1S/C42H86O7/c1-9-15-17-19-21-23-25-27-29-31-33-41(45-35-11-3,46-36-12-4)39(43-7)49-40(44-8)42(47-37-13-5,48-38-14-6)34-32-30-28-26-24-22-20-18-16-10-2/h39-40H,9-38H2,1-8H3. The van der Waals surface area contributed by atoms with Crippen LogP contribution in [0.25, 0.3) is 0 Å². The second-order valence-corrected chi connectivity index (χ2v) is 14.2. The van der Waals surface area contributed by atoms with Gasteiger partial charge in [-0.1, -0.05) is 157 Å². The number of hydrogen-bond donors (Lipinski definition) is 0. The highest BCUT2D eigenvalue weighted by molar-refractivity contribution is 4.81. The Bertz CT molecular complexity index is 591. The lowest BCUT2D eigenvalue weighted by Gasteiger charge is -2.44. The average Bonchev–Trinajstić information content (AvgIpc) is 3.12. The lowest BCUT2D eigenvalue weighted by molar-refractivity contribution is -0.420. The Morgan fingerprint density at radius 3 is 0.796 bits per heavy atom. The monoisotopic (exact) mass is 703 g/mol. The highest BCUT2D eigenvalue weighted by atomic mass is 16.8. The fourth-order valence-electron chi connectivity index (χ4n) is 6.49. The number of rotatable bonds is 40. The van der Waals surface area contributed by atoms with Crippen molar-refractivity contribution in [2.24, 2.45) is 0 Å². The van der Waals surface area contributed by atoms with Crippen molar-refractivity contribution in [3.05, 3.63) is 0 Å². The number of unbranched alkanes of at least 4 members (excludes halogenated alkanes) is 18. The molecule has 0 aromatic rings. The zero-order chi connectivity index (χ0) is 36.3. The molecule has 7 nitrogen and oxygen atoms in total. The van der Waals surface area contributed by atoms with E-state index in [1.165, 1.54) is 103 Å². The summed E-state index contributed by atoms with van der Waals surface area (Å²) in [4.78, 5) is 0. The van der Waals surface area contributed by atoms with Crippen LogP contribution < -0.4 is 0 Å². The van der Waals surface area contributed by atoms with E-state index in [4.69, 9.17) is 33.2 Å². The largest absolute Gasteiger partial charge is 0.351 e. The topological polar surface area (TPSA) is 64.6 Å². The minimum Gasteiger partial charge on any atom is -0.351 e. The first-order valence-electron chi connectivity index (χ1n) is 21.3. The van der Waals surface area contributed by atoms with Crippen LogP contribution in [0.15, 0.2) is 0 Å². The van der Waals surface area contributed by atoms with Crippen LogP contribution in [0, 0.1) is 0 Å². The molecule has 7 heteroatoms. The minimum atomic E-state index is -1.05. The van der Waals surface area contributed by atoms with Gasteiger partial charge >= 0.3 is 0 Å². The molecule has 0 aliphatic heterocycles. The summed E-state index contributed by atoms with van der Waals surface area (Å²) in [5.41, 5.74) is 0. The predicted molar refractivity (Wildman–Crippen MR) is 206 cm³/mol. The summed E-state index contributed by atoms with van der Waals surface area (Å²) >= 11 is 0. The quantitative estimate of drug-likeness (QED) is 0.0465. The van der Waals surface area contributed by atoms with Crippen LogP contribution in [0.3, 0.4) is 0 Å². The van der Waals surface area contributed by atoms with E-state index in [-0.39, 0.29) is 0 Å². The summed E-state index contributed by atoms with van der Waals surface area (Å²) in [7, 11) is 3.36. The zero-order valence-electron chi connectivity index (χ0n) is 34.2. The maximum atomic E-state index is 6.81. The molecule has 2 unspecified atom stereocenters. The Morgan fingerprint density at radius 2 is 0.571 bits per heavy atom. The number of ether oxygens (including phenoxy) is 7. The van der Waals surface area contributed by atoms with Gasteiger partial charge in [0.05, 0.1) is 0 Å². The van der Waals surface area contributed by atoms with Crippen LogP contribution in [0.5, 0.6) is 0 Å². The van der Waals surface area contributed by atoms with Crippen LogP contribution >= 0.6 is 0 Å². The number of methoxy groups -OCH3 is 2. The van der Waals surface area contributed by atoms with Crippen LogP contribution in [0.1, 0.15) is 208 Å². The lowest BCUT2D eigenvalue weighted by atomic mass is 10.0. The third kappa shape index (κ3) is 23.1. The van der Waals surface area contributed by atoms with E-state index < -0.39 is 24.2 Å². The molecule has 2 atom stereocenters. The third-order valence-electron chi connectivity index (χ3n) is 9.35. The summed E-state index contributed by atoms with van der Waals surface area (Å²) in [6.07, 6.45) is 28.7. The van der Waals surface area contributed by atoms with Gasteiger partial charge in [-0.15, -0.1) is 0 Å². The van der Waals surface area contributed by atoms with Gasteiger partial charge in [0.15, 0.2) is 0 Å². The van der Waals surface area contributed by atoms with Crippen LogP contribution in [-0.2, 0) is 33.2 Å². The van der Waals surface area contributed by atoms with Crippen LogP contribution in [0.4, 0.5) is 0 Å². The molecule has 0 aromatic heterocycles. The molecule has 296 valence electrons. The molecule has 0 aliphatic rings. The van der Waals surface area contributed by atoms with Crippen molar-refractivity contribution in [1.82, 2.24) is 0 Å². The van der Waals surface area contributed by atoms with Gasteiger partial charge in [-0.25, -0.2) is 0 Å². The summed E-state index contributed by atoms with van der Waals surface area (Å²) in [6, 6.07) is 0. The highest BCUT2D eigenvalue weighted by Gasteiger charge is 2.49. The first kappa shape index (κ1) is 48.7. The van der Waals surface area contributed by atoms with Crippen molar-refractivity contribution in [3.63, 3.8) is 0 Å². The molecular formula is C42H86O7. The van der Waals surface area contributed by atoms with Gasteiger partial charge in [-0.2, -0.15) is 0 Å². The Balaban J connectivity index is 5.75. The molecule has 0 saturated carbocycles. The van der Waals surface area contributed by atoms with E-state index in [0.29, 0.717) is 39.3 Å². The molecule has 0 heterocycles. The van der Waals surface area contributed by atoms with E-state index in [0.717, 1.165) is 51.4 Å². The lowest BCUT2D eigenvalue weighted by Crippen LogP contribution is -2.57. The molecule has 0 spiro atoms. The summed E-state index contributed by atoms with van der Waals surface area (Å²) in [5.74, 6) is -2.09. The fraction of sp³-hybridized carbons (Fsp3) is 1.00. The average molecular weight is 703 g/mol. The van der Waals surface area contributed by atoms with Gasteiger partial charge in [-0.05, 0) is 38.5 Å². The summed E-state index contributed by atoms with van der Waals surface area (Å²) < 4.78 is 45.4. The smallest absolute Gasteiger partial charge is 0.220 e. The van der Waals surface area contributed by atoms with Gasteiger partial charge in [0.2, 0.25) is 24.2 Å². The molecule has 49 heavy (non-hydrogen) atoms. The van der Waals surface area contributed by atoms with E-state index >= 15 is 0 Å². The Kier molecular flexibility index (Phi) is 34.6. The van der Waals surface area contributed by atoms with Crippen molar-refractivity contribution in [2.45, 2.75) is 233 Å². The zero-order valence-corrected chi connectivity index (χ0v) is 34.2. The minimum absolute atomic E-state index is 0.560. The Morgan fingerprint density at radius 1 is 0.327 bits per heavy atom. The van der Waals surface area contributed by atoms with Gasteiger partial charge in [0, 0.05) is 53.5 Å². The Hall–Kier alpha value is -0.280. The molecule has 0 saturated heterocycles. The van der Waals surface area contributed by atoms with Gasteiger partial charge in [-0.3, -0.25) is 0 Å².